The highest BCUT2D eigenvalue weighted by molar-refractivity contribution is 7.62. The maximum Gasteiger partial charge on any atom is 0.119 e. The van der Waals surface area contributed by atoms with Gasteiger partial charge >= 0.3 is 0 Å². The van der Waals surface area contributed by atoms with Crippen molar-refractivity contribution in [2.75, 3.05) is 39.3 Å². The van der Waals surface area contributed by atoms with E-state index in [2.05, 4.69) is 54.3 Å². The van der Waals surface area contributed by atoms with E-state index < -0.39 is 7.14 Å². The van der Waals surface area contributed by atoms with Crippen LogP contribution in [0.3, 0.4) is 0 Å². The Balaban J connectivity index is 1.64. The molecular weight excluding hydrogens is 381 g/mol. The summed E-state index contributed by atoms with van der Waals surface area (Å²) in [5, 5.41) is 0. The Morgan fingerprint density at radius 1 is 1.14 bits per heavy atom. The second-order valence-electron chi connectivity index (χ2n) is 8.83. The van der Waals surface area contributed by atoms with Crippen molar-refractivity contribution < 1.29 is 14.0 Å². The van der Waals surface area contributed by atoms with Crippen molar-refractivity contribution in [3.63, 3.8) is 0 Å². The monoisotopic (exact) mass is 413 g/mol. The first kappa shape index (κ1) is 20.7. The van der Waals surface area contributed by atoms with Crippen molar-refractivity contribution in [3.8, 4) is 5.75 Å². The minimum Gasteiger partial charge on any atom is -0.494 e. The van der Waals surface area contributed by atoms with Crippen molar-refractivity contribution in [1.82, 2.24) is 4.90 Å². The van der Waals surface area contributed by atoms with Crippen LogP contribution in [0.5, 0.6) is 5.75 Å². The lowest BCUT2D eigenvalue weighted by Crippen LogP contribution is -2.42. The van der Waals surface area contributed by atoms with E-state index >= 15 is 0 Å². The minimum atomic E-state index is -2.05. The Kier molecular flexibility index (Phi) is 5.88. The fourth-order valence-electron chi connectivity index (χ4n) is 4.63. The lowest BCUT2D eigenvalue weighted by Gasteiger charge is -2.40. The molecule has 2 aliphatic heterocycles. The molecule has 0 radical (unpaired) electrons. The number of benzene rings is 2. The predicted octanol–water partition coefficient (Wildman–Crippen LogP) is 5.47. The standard InChI is InChI=1S/C24H32NO3P/c1-4-16-27-20-10-11-22-21(17-20)23(19-8-6-5-7-9-19)28-24(22)12-14-25(15-13-24)18-29(2,3)26/h5-11,17,23H,4,12-16,18H2,1-3H3. The SMILES string of the molecule is CCCOc1ccc2c(c1)C(c1ccccc1)OC21CCN(CP(C)(C)=O)CC1. The Hall–Kier alpha value is -1.61. The van der Waals surface area contributed by atoms with Crippen LogP contribution < -0.4 is 4.74 Å². The van der Waals surface area contributed by atoms with Gasteiger partial charge < -0.3 is 14.0 Å². The second-order valence-corrected chi connectivity index (χ2v) is 12.3. The second kappa shape index (κ2) is 8.26. The molecule has 1 saturated heterocycles. The third-order valence-electron chi connectivity index (χ3n) is 5.92. The summed E-state index contributed by atoms with van der Waals surface area (Å²) in [6.45, 7) is 8.44. The summed E-state index contributed by atoms with van der Waals surface area (Å²) in [4.78, 5) is 2.34. The van der Waals surface area contributed by atoms with Gasteiger partial charge in [0.1, 0.15) is 11.9 Å². The van der Waals surface area contributed by atoms with Gasteiger partial charge in [0.25, 0.3) is 0 Å². The molecule has 0 N–H and O–H groups in total. The summed E-state index contributed by atoms with van der Waals surface area (Å²) < 4.78 is 25.0. The fourth-order valence-corrected chi connectivity index (χ4v) is 5.88. The Labute approximate surface area is 174 Å². The first-order chi connectivity index (χ1) is 13.9. The third-order valence-corrected chi connectivity index (χ3v) is 7.00. The topological polar surface area (TPSA) is 38.8 Å². The average Bonchev–Trinajstić information content (AvgIpc) is 3.02. The lowest BCUT2D eigenvalue weighted by atomic mass is 9.83. The van der Waals surface area contributed by atoms with Crippen LogP contribution in [0.25, 0.3) is 0 Å². The molecule has 1 atom stereocenters. The first-order valence-electron chi connectivity index (χ1n) is 10.7. The lowest BCUT2D eigenvalue weighted by molar-refractivity contribution is -0.0950. The zero-order chi connectivity index (χ0) is 20.5. The summed E-state index contributed by atoms with van der Waals surface area (Å²) in [6.07, 6.45) is 3.49. The fraction of sp³-hybridized carbons (Fsp3) is 0.500. The van der Waals surface area contributed by atoms with Gasteiger partial charge in [-0.2, -0.15) is 0 Å². The van der Waals surface area contributed by atoms with Crippen LogP contribution in [-0.4, -0.2) is 44.2 Å². The molecule has 1 spiro atoms. The highest BCUT2D eigenvalue weighted by atomic mass is 31.2. The number of rotatable bonds is 6. The van der Waals surface area contributed by atoms with Crippen LogP contribution in [0.1, 0.15) is 49.0 Å². The van der Waals surface area contributed by atoms with Gasteiger partial charge in [-0.05, 0) is 61.4 Å². The van der Waals surface area contributed by atoms with Gasteiger partial charge in [0.15, 0.2) is 0 Å². The Morgan fingerprint density at radius 2 is 1.86 bits per heavy atom. The van der Waals surface area contributed by atoms with Crippen LogP contribution in [0.4, 0.5) is 0 Å². The summed E-state index contributed by atoms with van der Waals surface area (Å²) in [6, 6.07) is 17.0. The van der Waals surface area contributed by atoms with E-state index in [0.717, 1.165) is 44.7 Å². The summed E-state index contributed by atoms with van der Waals surface area (Å²) in [7, 11) is -2.05. The normalized spacial score (nSPS) is 21.3. The number of hydrogen-bond acceptors (Lipinski definition) is 4. The zero-order valence-electron chi connectivity index (χ0n) is 17.8. The molecule has 0 bridgehead atoms. The van der Waals surface area contributed by atoms with Crippen LogP contribution >= 0.6 is 7.14 Å². The number of fused-ring (bicyclic) bond motifs is 2. The molecule has 0 saturated carbocycles. The molecule has 0 aliphatic carbocycles. The smallest absolute Gasteiger partial charge is 0.119 e. The summed E-state index contributed by atoms with van der Waals surface area (Å²) >= 11 is 0. The van der Waals surface area contributed by atoms with Crippen LogP contribution in [0, 0.1) is 0 Å². The van der Waals surface area contributed by atoms with Crippen LogP contribution in [0.15, 0.2) is 48.5 Å². The molecule has 2 aliphatic rings. The van der Waals surface area contributed by atoms with E-state index in [1.165, 1.54) is 16.7 Å². The van der Waals surface area contributed by atoms with E-state index in [-0.39, 0.29) is 11.7 Å². The molecule has 1 fully saturated rings. The van der Waals surface area contributed by atoms with Gasteiger partial charge in [0.05, 0.1) is 25.6 Å². The van der Waals surface area contributed by atoms with Crippen molar-refractivity contribution in [2.45, 2.75) is 37.9 Å². The molecule has 1 unspecified atom stereocenters. The molecule has 29 heavy (non-hydrogen) atoms. The number of likely N-dealkylation sites (tertiary alicyclic amines) is 1. The van der Waals surface area contributed by atoms with Gasteiger partial charge in [0.2, 0.25) is 0 Å². The van der Waals surface area contributed by atoms with Crippen LogP contribution in [-0.2, 0) is 14.9 Å². The third kappa shape index (κ3) is 4.45. The molecule has 4 rings (SSSR count). The highest BCUT2D eigenvalue weighted by Gasteiger charge is 2.47. The maximum absolute atomic E-state index is 12.3. The molecule has 0 aromatic heterocycles. The molecule has 0 amide bonds. The van der Waals surface area contributed by atoms with Gasteiger partial charge in [-0.15, -0.1) is 0 Å². The van der Waals surface area contributed by atoms with Crippen molar-refractivity contribution in [3.05, 3.63) is 65.2 Å². The van der Waals surface area contributed by atoms with Crippen molar-refractivity contribution in [1.29, 1.82) is 0 Å². The van der Waals surface area contributed by atoms with Crippen molar-refractivity contribution >= 4 is 7.14 Å². The van der Waals surface area contributed by atoms with Gasteiger partial charge in [0, 0.05) is 13.1 Å². The van der Waals surface area contributed by atoms with E-state index in [1.807, 2.05) is 19.4 Å². The maximum atomic E-state index is 12.3. The highest BCUT2D eigenvalue weighted by Crippen LogP contribution is 2.52. The molecule has 4 nitrogen and oxygen atoms in total. The Morgan fingerprint density at radius 3 is 2.52 bits per heavy atom. The first-order valence-corrected chi connectivity index (χ1v) is 13.5. The Bertz CT molecular complexity index is 884. The predicted molar refractivity (Wildman–Crippen MR) is 118 cm³/mol. The number of piperidine rings is 1. The van der Waals surface area contributed by atoms with Crippen LogP contribution in [0.2, 0.25) is 0 Å². The zero-order valence-corrected chi connectivity index (χ0v) is 18.7. The number of nitrogens with zero attached hydrogens (tertiary/aromatic N) is 1. The summed E-state index contributed by atoms with van der Waals surface area (Å²) in [5.41, 5.74) is 3.45. The molecular formula is C24H32NO3P. The van der Waals surface area contributed by atoms with E-state index in [1.54, 1.807) is 0 Å². The largest absolute Gasteiger partial charge is 0.494 e. The van der Waals surface area contributed by atoms with E-state index in [0.29, 0.717) is 6.29 Å². The number of ether oxygens (including phenoxy) is 2. The summed E-state index contributed by atoms with van der Waals surface area (Å²) in [5.74, 6) is 0.919. The van der Waals surface area contributed by atoms with Gasteiger partial charge in [-0.3, -0.25) is 4.90 Å². The van der Waals surface area contributed by atoms with Crippen molar-refractivity contribution in [2.24, 2.45) is 0 Å². The molecule has 2 heterocycles. The van der Waals surface area contributed by atoms with Gasteiger partial charge in [-0.25, -0.2) is 0 Å². The molecule has 2 aromatic carbocycles. The minimum absolute atomic E-state index is 0.0635. The molecule has 5 heteroatoms. The molecule has 2 aromatic rings. The number of hydrogen-bond donors (Lipinski definition) is 0. The average molecular weight is 413 g/mol. The van der Waals surface area contributed by atoms with E-state index in [4.69, 9.17) is 9.47 Å². The van der Waals surface area contributed by atoms with Gasteiger partial charge in [-0.1, -0.05) is 43.3 Å². The quantitative estimate of drug-likeness (QED) is 0.589. The van der Waals surface area contributed by atoms with E-state index in [9.17, 15) is 4.57 Å². The molecule has 156 valence electrons.